The summed E-state index contributed by atoms with van der Waals surface area (Å²) in [7, 11) is 0. The molecule has 0 bridgehead atoms. The van der Waals surface area contributed by atoms with Crippen molar-refractivity contribution in [2.75, 3.05) is 0 Å². The Hall–Kier alpha value is -2.84. The van der Waals surface area contributed by atoms with Gasteiger partial charge >= 0.3 is 0 Å². The molecule has 0 radical (unpaired) electrons. The molecule has 0 saturated heterocycles. The molecule has 2 nitrogen and oxygen atoms in total. The fourth-order valence-corrected chi connectivity index (χ4v) is 3.77. The molecule has 0 fully saturated rings. The molecule has 0 spiro atoms. The van der Waals surface area contributed by atoms with Crippen LogP contribution in [-0.2, 0) is 12.0 Å². The molecule has 0 heterocycles. The first-order valence-corrected chi connectivity index (χ1v) is 10.0. The molecule has 0 saturated carbocycles. The van der Waals surface area contributed by atoms with Crippen molar-refractivity contribution in [1.29, 1.82) is 0 Å². The van der Waals surface area contributed by atoms with Crippen LogP contribution in [0.3, 0.4) is 0 Å². The first-order chi connectivity index (χ1) is 13.8. The van der Waals surface area contributed by atoms with E-state index in [9.17, 15) is 5.11 Å². The molecule has 0 aliphatic carbocycles. The van der Waals surface area contributed by atoms with E-state index < -0.39 is 6.10 Å². The molecule has 0 aliphatic rings. The maximum absolute atomic E-state index is 10.6. The molecule has 2 heteroatoms. The number of hydrogen-bond donors (Lipinski definition) is 1. The smallest absolute Gasteiger partial charge is 0.124 e. The van der Waals surface area contributed by atoms with Crippen LogP contribution in [0.2, 0.25) is 0 Å². The Bertz CT molecular complexity index is 967. The molecule has 0 aromatic heterocycles. The molecular weight excluding hydrogens is 356 g/mol. The summed E-state index contributed by atoms with van der Waals surface area (Å²) in [4.78, 5) is 0. The van der Waals surface area contributed by atoms with Crippen LogP contribution in [-0.4, -0.2) is 5.11 Å². The molecule has 150 valence electrons. The minimum atomic E-state index is -0.745. The fourth-order valence-electron chi connectivity index (χ4n) is 3.77. The molecule has 3 rings (SSSR count). The number of aliphatic hydroxyl groups is 1. The molecule has 0 aliphatic heterocycles. The number of aliphatic hydroxyl groups excluding tert-OH is 1. The van der Waals surface area contributed by atoms with Gasteiger partial charge in [0, 0.05) is 5.56 Å². The highest BCUT2D eigenvalue weighted by Crippen LogP contribution is 2.44. The van der Waals surface area contributed by atoms with Crippen molar-refractivity contribution < 1.29 is 9.84 Å². The standard InChI is InChI=1S/C27H30O2/c1-6-23(28)22-17-24(29-18-20-13-9-7-10-14-20)26(27(3,4)5)25(19(22)2)21-15-11-8-12-16-21/h6-17,23,28H,1,18H2,2-5H3. The van der Waals surface area contributed by atoms with E-state index in [2.05, 4.69) is 58.5 Å². The summed E-state index contributed by atoms with van der Waals surface area (Å²) in [6, 6.07) is 22.5. The topological polar surface area (TPSA) is 29.5 Å². The van der Waals surface area contributed by atoms with Crippen molar-refractivity contribution in [3.8, 4) is 16.9 Å². The van der Waals surface area contributed by atoms with Gasteiger partial charge in [-0.25, -0.2) is 0 Å². The van der Waals surface area contributed by atoms with Crippen LogP contribution < -0.4 is 4.74 Å². The molecular formula is C27H30O2. The third-order valence-electron chi connectivity index (χ3n) is 5.18. The van der Waals surface area contributed by atoms with Crippen molar-refractivity contribution in [1.82, 2.24) is 0 Å². The van der Waals surface area contributed by atoms with Crippen LogP contribution in [0.25, 0.3) is 11.1 Å². The van der Waals surface area contributed by atoms with Gasteiger partial charge in [-0.15, -0.1) is 6.58 Å². The Kier molecular flexibility index (Phi) is 6.24. The van der Waals surface area contributed by atoms with Crippen molar-refractivity contribution in [2.45, 2.75) is 45.8 Å². The van der Waals surface area contributed by atoms with Crippen LogP contribution in [0.15, 0.2) is 79.4 Å². The summed E-state index contributed by atoms with van der Waals surface area (Å²) in [5.74, 6) is 0.807. The summed E-state index contributed by atoms with van der Waals surface area (Å²) in [6.45, 7) is 12.9. The quantitative estimate of drug-likeness (QED) is 0.474. The first-order valence-electron chi connectivity index (χ1n) is 10.0. The maximum Gasteiger partial charge on any atom is 0.124 e. The van der Waals surface area contributed by atoms with Crippen molar-refractivity contribution in [3.05, 3.63) is 102 Å². The Labute approximate surface area is 174 Å². The largest absolute Gasteiger partial charge is 0.489 e. The Balaban J connectivity index is 2.23. The lowest BCUT2D eigenvalue weighted by molar-refractivity contribution is 0.226. The fraction of sp³-hybridized carbons (Fsp3) is 0.259. The van der Waals surface area contributed by atoms with Crippen LogP contribution in [0, 0.1) is 6.92 Å². The number of ether oxygens (including phenoxy) is 1. The van der Waals surface area contributed by atoms with E-state index in [0.29, 0.717) is 6.61 Å². The Morgan fingerprint density at radius 3 is 2.14 bits per heavy atom. The van der Waals surface area contributed by atoms with Crippen molar-refractivity contribution in [2.24, 2.45) is 0 Å². The lowest BCUT2D eigenvalue weighted by atomic mass is 9.77. The second-order valence-corrected chi connectivity index (χ2v) is 8.41. The van der Waals surface area contributed by atoms with Gasteiger partial charge in [-0.3, -0.25) is 0 Å². The molecule has 29 heavy (non-hydrogen) atoms. The van der Waals surface area contributed by atoms with Gasteiger partial charge in [0.1, 0.15) is 12.4 Å². The lowest BCUT2D eigenvalue weighted by Gasteiger charge is -2.30. The van der Waals surface area contributed by atoms with Crippen LogP contribution in [0.4, 0.5) is 0 Å². The summed E-state index contributed by atoms with van der Waals surface area (Å²) in [5, 5.41) is 10.6. The second kappa shape index (κ2) is 8.67. The highest BCUT2D eigenvalue weighted by atomic mass is 16.5. The van der Waals surface area contributed by atoms with E-state index >= 15 is 0 Å². The van der Waals surface area contributed by atoms with Crippen LogP contribution in [0.1, 0.15) is 49.1 Å². The zero-order valence-electron chi connectivity index (χ0n) is 17.8. The molecule has 0 amide bonds. The molecule has 1 atom stereocenters. The molecule has 3 aromatic rings. The number of hydrogen-bond acceptors (Lipinski definition) is 2. The van der Waals surface area contributed by atoms with Crippen LogP contribution >= 0.6 is 0 Å². The SMILES string of the molecule is C=CC(O)c1cc(OCc2ccccc2)c(C(C)(C)C)c(-c2ccccc2)c1C. The summed E-state index contributed by atoms with van der Waals surface area (Å²) >= 11 is 0. The predicted octanol–water partition coefficient (Wildman–Crippen LogP) is 6.76. The molecule has 1 unspecified atom stereocenters. The van der Waals surface area contributed by atoms with Gasteiger partial charge in [0.15, 0.2) is 0 Å². The van der Waals surface area contributed by atoms with Gasteiger partial charge in [0.2, 0.25) is 0 Å². The third-order valence-corrected chi connectivity index (χ3v) is 5.18. The van der Waals surface area contributed by atoms with Gasteiger partial charge in [0.05, 0.1) is 6.10 Å². The average Bonchev–Trinajstić information content (AvgIpc) is 2.72. The molecule has 3 aromatic carbocycles. The highest BCUT2D eigenvalue weighted by molar-refractivity contribution is 5.77. The van der Waals surface area contributed by atoms with Crippen molar-refractivity contribution >= 4 is 0 Å². The van der Waals surface area contributed by atoms with E-state index in [1.165, 1.54) is 0 Å². The Morgan fingerprint density at radius 2 is 1.59 bits per heavy atom. The van der Waals surface area contributed by atoms with E-state index in [1.54, 1.807) is 6.08 Å². The number of benzene rings is 3. The minimum Gasteiger partial charge on any atom is -0.489 e. The summed E-state index contributed by atoms with van der Waals surface area (Å²) in [5.41, 5.74) is 6.25. The number of rotatable bonds is 6. The maximum atomic E-state index is 10.6. The van der Waals surface area contributed by atoms with Gasteiger partial charge in [-0.1, -0.05) is 87.5 Å². The van der Waals surface area contributed by atoms with E-state index in [-0.39, 0.29) is 5.41 Å². The zero-order chi connectivity index (χ0) is 21.0. The van der Waals surface area contributed by atoms with E-state index in [0.717, 1.165) is 39.1 Å². The Morgan fingerprint density at radius 1 is 1.00 bits per heavy atom. The summed E-state index contributed by atoms with van der Waals surface area (Å²) in [6.07, 6.45) is 0.819. The third kappa shape index (κ3) is 4.60. The first kappa shape index (κ1) is 20.9. The molecule has 1 N–H and O–H groups in total. The monoisotopic (exact) mass is 386 g/mol. The minimum absolute atomic E-state index is 0.139. The second-order valence-electron chi connectivity index (χ2n) is 8.41. The van der Waals surface area contributed by atoms with Crippen molar-refractivity contribution in [3.63, 3.8) is 0 Å². The van der Waals surface area contributed by atoms with Gasteiger partial charge in [-0.2, -0.15) is 0 Å². The average molecular weight is 387 g/mol. The van der Waals surface area contributed by atoms with E-state index in [4.69, 9.17) is 4.74 Å². The van der Waals surface area contributed by atoms with Gasteiger partial charge in [0.25, 0.3) is 0 Å². The normalized spacial score (nSPS) is 12.4. The predicted molar refractivity (Wildman–Crippen MR) is 121 cm³/mol. The van der Waals surface area contributed by atoms with Crippen LogP contribution in [0.5, 0.6) is 5.75 Å². The highest BCUT2D eigenvalue weighted by Gasteiger charge is 2.28. The van der Waals surface area contributed by atoms with E-state index in [1.807, 2.05) is 42.5 Å². The zero-order valence-corrected chi connectivity index (χ0v) is 17.8. The summed E-state index contributed by atoms with van der Waals surface area (Å²) < 4.78 is 6.36. The van der Waals surface area contributed by atoms with Gasteiger partial charge < -0.3 is 9.84 Å². The van der Waals surface area contributed by atoms with Gasteiger partial charge in [-0.05, 0) is 46.2 Å². The lowest BCUT2D eigenvalue weighted by Crippen LogP contribution is -2.17.